The Hall–Kier alpha value is -1.09. The Kier molecular flexibility index (Phi) is 4.59. The normalized spacial score (nSPS) is 21.6. The molecule has 1 aromatic rings. The van der Waals surface area contributed by atoms with Crippen molar-refractivity contribution in [2.24, 2.45) is 0 Å². The molecule has 0 radical (unpaired) electrons. The number of piperidine rings is 1. The smallest absolute Gasteiger partial charge is 0.126 e. The first-order valence-corrected chi connectivity index (χ1v) is 6.91. The summed E-state index contributed by atoms with van der Waals surface area (Å²) in [5.41, 5.74) is 1.71. The molecule has 1 heterocycles. The Labute approximate surface area is 109 Å². The highest BCUT2D eigenvalue weighted by Gasteiger charge is 2.15. The first-order valence-electron chi connectivity index (χ1n) is 6.91. The van der Waals surface area contributed by atoms with Crippen LogP contribution in [0.25, 0.3) is 0 Å². The molecule has 2 atom stereocenters. The molecule has 2 N–H and O–H groups in total. The van der Waals surface area contributed by atoms with Gasteiger partial charge in [0.15, 0.2) is 0 Å². The van der Waals surface area contributed by atoms with Gasteiger partial charge in [0.2, 0.25) is 0 Å². The number of aryl methyl sites for hydroxylation is 1. The van der Waals surface area contributed by atoms with Crippen molar-refractivity contribution in [2.75, 3.05) is 11.9 Å². The van der Waals surface area contributed by atoms with Crippen LogP contribution in [0.3, 0.4) is 0 Å². The third kappa shape index (κ3) is 3.70. The fourth-order valence-corrected chi connectivity index (χ4v) is 2.63. The van der Waals surface area contributed by atoms with E-state index in [2.05, 4.69) is 17.6 Å². The summed E-state index contributed by atoms with van der Waals surface area (Å²) >= 11 is 0. The van der Waals surface area contributed by atoms with Gasteiger partial charge in [0.1, 0.15) is 5.82 Å². The molecule has 1 aliphatic heterocycles. The van der Waals surface area contributed by atoms with Crippen molar-refractivity contribution in [1.82, 2.24) is 5.32 Å². The highest BCUT2D eigenvalue weighted by Crippen LogP contribution is 2.17. The quantitative estimate of drug-likeness (QED) is 0.855. The number of benzene rings is 1. The van der Waals surface area contributed by atoms with Crippen molar-refractivity contribution in [3.05, 3.63) is 29.6 Å². The Bertz CT molecular complexity index is 386. The van der Waals surface area contributed by atoms with E-state index in [9.17, 15) is 4.39 Å². The first-order chi connectivity index (χ1) is 8.65. The second-order valence-corrected chi connectivity index (χ2v) is 5.39. The fraction of sp³-hybridized carbons (Fsp3) is 0.600. The number of halogens is 1. The predicted octanol–water partition coefficient (Wildman–Crippen LogP) is 3.47. The zero-order valence-electron chi connectivity index (χ0n) is 11.3. The van der Waals surface area contributed by atoms with Gasteiger partial charge in [-0.05, 0) is 63.4 Å². The van der Waals surface area contributed by atoms with E-state index in [1.165, 1.54) is 25.3 Å². The standard InChI is InChI=1S/C15H23FN2/c1-11-9-14(6-7-15(11)16)18-12(2)10-13-5-3-4-8-17-13/h6-7,9,12-13,17-18H,3-5,8,10H2,1-2H3. The zero-order valence-corrected chi connectivity index (χ0v) is 11.3. The van der Waals surface area contributed by atoms with Gasteiger partial charge in [0, 0.05) is 17.8 Å². The molecular formula is C15H23FN2. The molecule has 1 saturated heterocycles. The van der Waals surface area contributed by atoms with Crippen LogP contribution in [-0.2, 0) is 0 Å². The van der Waals surface area contributed by atoms with Gasteiger partial charge in [0.25, 0.3) is 0 Å². The summed E-state index contributed by atoms with van der Waals surface area (Å²) < 4.78 is 13.2. The second kappa shape index (κ2) is 6.19. The Morgan fingerprint density at radius 1 is 1.44 bits per heavy atom. The van der Waals surface area contributed by atoms with E-state index in [-0.39, 0.29) is 5.82 Å². The van der Waals surface area contributed by atoms with E-state index in [1.54, 1.807) is 6.92 Å². The van der Waals surface area contributed by atoms with E-state index >= 15 is 0 Å². The molecular weight excluding hydrogens is 227 g/mol. The molecule has 0 spiro atoms. The Morgan fingerprint density at radius 2 is 2.28 bits per heavy atom. The first kappa shape index (κ1) is 13.3. The molecule has 2 rings (SSSR count). The summed E-state index contributed by atoms with van der Waals surface area (Å²) in [7, 11) is 0. The van der Waals surface area contributed by atoms with Crippen LogP contribution in [0.15, 0.2) is 18.2 Å². The predicted molar refractivity (Wildman–Crippen MR) is 74.5 cm³/mol. The minimum atomic E-state index is -0.137. The maximum Gasteiger partial charge on any atom is 0.126 e. The molecule has 3 heteroatoms. The van der Waals surface area contributed by atoms with Crippen LogP contribution < -0.4 is 10.6 Å². The number of rotatable bonds is 4. The lowest BCUT2D eigenvalue weighted by Crippen LogP contribution is -2.37. The molecule has 0 saturated carbocycles. The van der Waals surface area contributed by atoms with Crippen LogP contribution >= 0.6 is 0 Å². The van der Waals surface area contributed by atoms with Gasteiger partial charge in [-0.25, -0.2) is 4.39 Å². The molecule has 1 fully saturated rings. The molecule has 1 aromatic carbocycles. The van der Waals surface area contributed by atoms with Gasteiger partial charge < -0.3 is 10.6 Å². The highest BCUT2D eigenvalue weighted by atomic mass is 19.1. The van der Waals surface area contributed by atoms with E-state index in [1.807, 2.05) is 12.1 Å². The Balaban J connectivity index is 1.85. The van der Waals surface area contributed by atoms with E-state index in [4.69, 9.17) is 0 Å². The van der Waals surface area contributed by atoms with Gasteiger partial charge in [-0.15, -0.1) is 0 Å². The summed E-state index contributed by atoms with van der Waals surface area (Å²) in [6, 6.07) is 6.25. The van der Waals surface area contributed by atoms with Crippen molar-refractivity contribution in [3.63, 3.8) is 0 Å². The van der Waals surface area contributed by atoms with Crippen LogP contribution in [0.4, 0.5) is 10.1 Å². The molecule has 0 amide bonds. The lowest BCUT2D eigenvalue weighted by molar-refractivity contribution is 0.371. The largest absolute Gasteiger partial charge is 0.383 e. The molecule has 0 aromatic heterocycles. The van der Waals surface area contributed by atoms with E-state index in [0.29, 0.717) is 17.6 Å². The van der Waals surface area contributed by atoms with Gasteiger partial charge in [-0.2, -0.15) is 0 Å². The second-order valence-electron chi connectivity index (χ2n) is 5.39. The minimum absolute atomic E-state index is 0.137. The van der Waals surface area contributed by atoms with Crippen molar-refractivity contribution in [2.45, 2.75) is 51.6 Å². The highest BCUT2D eigenvalue weighted by molar-refractivity contribution is 5.46. The number of hydrogen-bond donors (Lipinski definition) is 2. The zero-order chi connectivity index (χ0) is 13.0. The monoisotopic (exact) mass is 250 g/mol. The summed E-state index contributed by atoms with van der Waals surface area (Å²) in [6.07, 6.45) is 5.03. The lowest BCUT2D eigenvalue weighted by atomic mass is 9.98. The van der Waals surface area contributed by atoms with Crippen LogP contribution in [0.5, 0.6) is 0 Å². The molecule has 18 heavy (non-hydrogen) atoms. The van der Waals surface area contributed by atoms with E-state index in [0.717, 1.165) is 18.7 Å². The number of nitrogens with one attached hydrogen (secondary N) is 2. The Morgan fingerprint density at radius 3 is 2.94 bits per heavy atom. The summed E-state index contributed by atoms with van der Waals surface area (Å²) in [5.74, 6) is -0.137. The van der Waals surface area contributed by atoms with Crippen LogP contribution in [0, 0.1) is 12.7 Å². The molecule has 2 nitrogen and oxygen atoms in total. The van der Waals surface area contributed by atoms with Gasteiger partial charge in [0.05, 0.1) is 0 Å². The third-order valence-electron chi connectivity index (χ3n) is 3.62. The molecule has 0 bridgehead atoms. The van der Waals surface area contributed by atoms with Crippen molar-refractivity contribution < 1.29 is 4.39 Å². The minimum Gasteiger partial charge on any atom is -0.383 e. The summed E-state index contributed by atoms with van der Waals surface area (Å²) in [5, 5.41) is 7.01. The maximum atomic E-state index is 13.2. The topological polar surface area (TPSA) is 24.1 Å². The maximum absolute atomic E-state index is 13.2. The average Bonchev–Trinajstić information content (AvgIpc) is 2.35. The SMILES string of the molecule is Cc1cc(NC(C)CC2CCCCN2)ccc1F. The molecule has 100 valence electrons. The number of hydrogen-bond acceptors (Lipinski definition) is 2. The van der Waals surface area contributed by atoms with E-state index < -0.39 is 0 Å². The van der Waals surface area contributed by atoms with Crippen molar-refractivity contribution in [1.29, 1.82) is 0 Å². The van der Waals surface area contributed by atoms with Crippen LogP contribution in [0.2, 0.25) is 0 Å². The van der Waals surface area contributed by atoms with Crippen molar-refractivity contribution >= 4 is 5.69 Å². The van der Waals surface area contributed by atoms with Gasteiger partial charge >= 0.3 is 0 Å². The number of anilines is 1. The molecule has 2 unspecified atom stereocenters. The molecule has 0 aliphatic carbocycles. The van der Waals surface area contributed by atoms with Gasteiger partial charge in [-0.3, -0.25) is 0 Å². The summed E-state index contributed by atoms with van der Waals surface area (Å²) in [4.78, 5) is 0. The van der Waals surface area contributed by atoms with Crippen molar-refractivity contribution in [3.8, 4) is 0 Å². The lowest BCUT2D eigenvalue weighted by Gasteiger charge is -2.27. The van der Waals surface area contributed by atoms with Crippen LogP contribution in [0.1, 0.15) is 38.2 Å². The third-order valence-corrected chi connectivity index (χ3v) is 3.62. The molecule has 1 aliphatic rings. The van der Waals surface area contributed by atoms with Gasteiger partial charge in [-0.1, -0.05) is 6.42 Å². The average molecular weight is 250 g/mol. The summed E-state index contributed by atoms with van der Waals surface area (Å²) in [6.45, 7) is 5.13. The van der Waals surface area contributed by atoms with Crippen LogP contribution in [-0.4, -0.2) is 18.6 Å². The fourth-order valence-electron chi connectivity index (χ4n) is 2.63.